The number of amides is 1. The monoisotopic (exact) mass is 189 g/mol. The minimum Gasteiger partial charge on any atom is -0.459 e. The third-order valence-electron chi connectivity index (χ3n) is 1.55. The van der Waals surface area contributed by atoms with Crippen LogP contribution in [-0.2, 0) is 0 Å². The number of aromatic nitrogens is 2. The van der Waals surface area contributed by atoms with E-state index in [4.69, 9.17) is 4.42 Å². The van der Waals surface area contributed by atoms with Crippen LogP contribution in [-0.4, -0.2) is 15.9 Å². The van der Waals surface area contributed by atoms with Gasteiger partial charge in [0.1, 0.15) is 0 Å². The van der Waals surface area contributed by atoms with Crippen molar-refractivity contribution >= 4 is 11.7 Å². The molecule has 70 valence electrons. The zero-order chi connectivity index (χ0) is 9.80. The summed E-state index contributed by atoms with van der Waals surface area (Å²) in [6.45, 7) is 0. The number of anilines is 1. The molecule has 2 aromatic heterocycles. The van der Waals surface area contributed by atoms with Crippen LogP contribution in [0.4, 0.5) is 5.82 Å². The SMILES string of the molecule is O=C(Nc1cnccn1)c1ccco1. The van der Waals surface area contributed by atoms with Crippen LogP contribution in [0.3, 0.4) is 0 Å². The Bertz CT molecular complexity index is 411. The van der Waals surface area contributed by atoms with Crippen molar-refractivity contribution < 1.29 is 9.21 Å². The number of nitrogens with one attached hydrogen (secondary N) is 1. The molecule has 0 fully saturated rings. The van der Waals surface area contributed by atoms with Gasteiger partial charge in [-0.05, 0) is 12.1 Å². The molecule has 1 amide bonds. The Kier molecular flexibility index (Phi) is 2.22. The van der Waals surface area contributed by atoms with Gasteiger partial charge < -0.3 is 9.73 Å². The minimum atomic E-state index is -0.337. The highest BCUT2D eigenvalue weighted by Crippen LogP contribution is 2.04. The predicted octanol–water partition coefficient (Wildman–Crippen LogP) is 1.32. The number of nitrogens with zero attached hydrogens (tertiary/aromatic N) is 2. The van der Waals surface area contributed by atoms with Crippen molar-refractivity contribution in [1.29, 1.82) is 0 Å². The second-order valence-corrected chi connectivity index (χ2v) is 2.52. The first kappa shape index (κ1) is 8.43. The van der Waals surface area contributed by atoms with E-state index in [0.717, 1.165) is 0 Å². The Morgan fingerprint density at radius 3 is 3.00 bits per heavy atom. The van der Waals surface area contributed by atoms with Crippen LogP contribution >= 0.6 is 0 Å². The van der Waals surface area contributed by atoms with E-state index in [1.165, 1.54) is 24.9 Å². The van der Waals surface area contributed by atoms with Gasteiger partial charge in [-0.3, -0.25) is 9.78 Å². The highest BCUT2D eigenvalue weighted by molar-refractivity contribution is 6.01. The van der Waals surface area contributed by atoms with Crippen molar-refractivity contribution in [3.63, 3.8) is 0 Å². The summed E-state index contributed by atoms with van der Waals surface area (Å²) < 4.78 is 4.91. The molecule has 0 unspecified atom stereocenters. The molecule has 0 bridgehead atoms. The number of rotatable bonds is 2. The fourth-order valence-electron chi connectivity index (χ4n) is 0.949. The van der Waals surface area contributed by atoms with Crippen molar-refractivity contribution in [2.45, 2.75) is 0 Å². The average Bonchev–Trinajstić information content (AvgIpc) is 2.72. The van der Waals surface area contributed by atoms with Gasteiger partial charge in [0.2, 0.25) is 0 Å². The van der Waals surface area contributed by atoms with Crippen molar-refractivity contribution in [1.82, 2.24) is 9.97 Å². The highest BCUT2D eigenvalue weighted by atomic mass is 16.3. The first-order chi connectivity index (χ1) is 6.86. The first-order valence-corrected chi connectivity index (χ1v) is 3.97. The summed E-state index contributed by atoms with van der Waals surface area (Å²) in [5, 5.41) is 2.54. The van der Waals surface area contributed by atoms with Gasteiger partial charge in [0, 0.05) is 12.4 Å². The van der Waals surface area contributed by atoms with E-state index in [0.29, 0.717) is 5.82 Å². The Morgan fingerprint density at radius 1 is 1.43 bits per heavy atom. The Labute approximate surface area is 79.8 Å². The molecule has 0 aliphatic rings. The Hall–Kier alpha value is -2.17. The molecular weight excluding hydrogens is 182 g/mol. The highest BCUT2D eigenvalue weighted by Gasteiger charge is 2.08. The van der Waals surface area contributed by atoms with Gasteiger partial charge in [-0.15, -0.1) is 0 Å². The van der Waals surface area contributed by atoms with Crippen LogP contribution in [0.25, 0.3) is 0 Å². The minimum absolute atomic E-state index is 0.246. The third-order valence-corrected chi connectivity index (χ3v) is 1.55. The van der Waals surface area contributed by atoms with Crippen LogP contribution in [0.2, 0.25) is 0 Å². The smallest absolute Gasteiger partial charge is 0.292 e. The Balaban J connectivity index is 2.10. The molecule has 0 aromatic carbocycles. The van der Waals surface area contributed by atoms with Crippen molar-refractivity contribution in [3.05, 3.63) is 42.7 Å². The lowest BCUT2D eigenvalue weighted by molar-refractivity contribution is 0.0996. The van der Waals surface area contributed by atoms with Crippen LogP contribution in [0, 0.1) is 0 Å². The summed E-state index contributed by atoms with van der Waals surface area (Å²) in [6, 6.07) is 3.22. The molecule has 2 rings (SSSR count). The van der Waals surface area contributed by atoms with E-state index in [9.17, 15) is 4.79 Å². The zero-order valence-corrected chi connectivity index (χ0v) is 7.18. The topological polar surface area (TPSA) is 68.0 Å². The number of carbonyl (C=O) groups excluding carboxylic acids is 1. The number of hydrogen-bond acceptors (Lipinski definition) is 4. The van der Waals surface area contributed by atoms with E-state index >= 15 is 0 Å². The van der Waals surface area contributed by atoms with E-state index < -0.39 is 0 Å². The van der Waals surface area contributed by atoms with Gasteiger partial charge in [-0.1, -0.05) is 0 Å². The molecule has 0 aliphatic heterocycles. The number of carbonyl (C=O) groups is 1. The fourth-order valence-corrected chi connectivity index (χ4v) is 0.949. The van der Waals surface area contributed by atoms with E-state index in [2.05, 4.69) is 15.3 Å². The molecule has 2 aromatic rings. The number of furan rings is 1. The predicted molar refractivity (Wildman–Crippen MR) is 48.7 cm³/mol. The van der Waals surface area contributed by atoms with Crippen LogP contribution in [0.1, 0.15) is 10.6 Å². The third kappa shape index (κ3) is 1.77. The molecule has 14 heavy (non-hydrogen) atoms. The maximum absolute atomic E-state index is 11.4. The van der Waals surface area contributed by atoms with Crippen molar-refractivity contribution in [2.24, 2.45) is 0 Å². The van der Waals surface area contributed by atoms with E-state index in [-0.39, 0.29) is 11.7 Å². The second kappa shape index (κ2) is 3.69. The molecule has 0 saturated heterocycles. The average molecular weight is 189 g/mol. The molecule has 1 N–H and O–H groups in total. The lowest BCUT2D eigenvalue weighted by Crippen LogP contribution is -2.11. The normalized spacial score (nSPS) is 9.71. The summed E-state index contributed by atoms with van der Waals surface area (Å²) in [5.74, 6) is 0.306. The van der Waals surface area contributed by atoms with Crippen LogP contribution in [0.15, 0.2) is 41.4 Å². The summed E-state index contributed by atoms with van der Waals surface area (Å²) in [5.41, 5.74) is 0. The maximum atomic E-state index is 11.4. The van der Waals surface area contributed by atoms with E-state index in [1.807, 2.05) is 0 Å². The molecule has 5 nitrogen and oxygen atoms in total. The van der Waals surface area contributed by atoms with Crippen LogP contribution < -0.4 is 5.32 Å². The lowest BCUT2D eigenvalue weighted by atomic mass is 10.4. The number of hydrogen-bond donors (Lipinski definition) is 1. The quantitative estimate of drug-likeness (QED) is 0.773. The first-order valence-electron chi connectivity index (χ1n) is 3.97. The summed E-state index contributed by atoms with van der Waals surface area (Å²) in [4.78, 5) is 19.1. The molecule has 0 saturated carbocycles. The second-order valence-electron chi connectivity index (χ2n) is 2.52. The van der Waals surface area contributed by atoms with Crippen molar-refractivity contribution in [3.8, 4) is 0 Å². The summed E-state index contributed by atoms with van der Waals surface area (Å²) >= 11 is 0. The fraction of sp³-hybridized carbons (Fsp3) is 0. The molecule has 0 aliphatic carbocycles. The van der Waals surface area contributed by atoms with Gasteiger partial charge in [0.05, 0.1) is 12.5 Å². The van der Waals surface area contributed by atoms with Gasteiger partial charge in [-0.25, -0.2) is 4.98 Å². The van der Waals surface area contributed by atoms with Crippen LogP contribution in [0.5, 0.6) is 0 Å². The Morgan fingerprint density at radius 2 is 2.36 bits per heavy atom. The van der Waals surface area contributed by atoms with Gasteiger partial charge in [-0.2, -0.15) is 0 Å². The molecule has 0 radical (unpaired) electrons. The standard InChI is InChI=1S/C9H7N3O2/c13-9(7-2-1-5-14-7)12-8-6-10-3-4-11-8/h1-6H,(H,11,12,13). The molecular formula is C9H7N3O2. The maximum Gasteiger partial charge on any atom is 0.292 e. The molecule has 0 spiro atoms. The van der Waals surface area contributed by atoms with E-state index in [1.54, 1.807) is 12.1 Å². The summed E-state index contributed by atoms with van der Waals surface area (Å²) in [6.07, 6.45) is 5.92. The van der Waals surface area contributed by atoms with Gasteiger partial charge in [0.15, 0.2) is 11.6 Å². The van der Waals surface area contributed by atoms with Crippen molar-refractivity contribution in [2.75, 3.05) is 5.32 Å². The molecule has 5 heteroatoms. The molecule has 2 heterocycles. The van der Waals surface area contributed by atoms with Gasteiger partial charge in [0.25, 0.3) is 5.91 Å². The van der Waals surface area contributed by atoms with Gasteiger partial charge >= 0.3 is 0 Å². The lowest BCUT2D eigenvalue weighted by Gasteiger charge is -1.99. The zero-order valence-electron chi connectivity index (χ0n) is 7.18. The molecule has 0 atom stereocenters. The summed E-state index contributed by atoms with van der Waals surface area (Å²) in [7, 11) is 0. The largest absolute Gasteiger partial charge is 0.459 e.